The summed E-state index contributed by atoms with van der Waals surface area (Å²) in [6.07, 6.45) is 0. The van der Waals surface area contributed by atoms with Gasteiger partial charge in [-0.25, -0.2) is 0 Å². The molecule has 0 fully saturated rings. The fourth-order valence-electron chi connectivity index (χ4n) is 0. The normalized spacial score (nSPS) is 11.6. The second kappa shape index (κ2) is 8.64. The van der Waals surface area contributed by atoms with E-state index in [-0.39, 0.29) is 88.7 Å². The third-order valence-corrected chi connectivity index (χ3v) is 4.92. The molecule has 0 radical (unpaired) electrons. The monoisotopic (exact) mass is 274 g/mol. The standard InChI is InChI=1S/AsH2O6S.3Na/c2-1(3,4)8(5,6)7;;;/h1H,(H,5,6,7);;;/q-3;3*+1. The van der Waals surface area contributed by atoms with E-state index in [4.69, 9.17) is 4.55 Å². The van der Waals surface area contributed by atoms with Crippen LogP contribution >= 0.6 is 0 Å². The number of hydrogen-bond acceptors (Lipinski definition) is 5. The molecule has 0 aliphatic heterocycles. The van der Waals surface area contributed by atoms with E-state index in [0.717, 1.165) is 0 Å². The Labute approximate surface area is 133 Å². The van der Waals surface area contributed by atoms with Crippen molar-refractivity contribution in [3.05, 3.63) is 0 Å². The first-order valence-corrected chi connectivity index (χ1v) is 7.91. The molecule has 1 N–H and O–H groups in total. The van der Waals surface area contributed by atoms with Crippen LogP contribution in [0.5, 0.6) is 0 Å². The smallest absolute Gasteiger partial charge is 1.00 e. The zero-order chi connectivity index (χ0) is 7.00. The van der Waals surface area contributed by atoms with Crippen LogP contribution in [0.2, 0.25) is 0 Å². The Bertz CT molecular complexity index is 167. The summed E-state index contributed by atoms with van der Waals surface area (Å²) in [5.74, 6) is 0. The van der Waals surface area contributed by atoms with Crippen molar-refractivity contribution in [3.63, 3.8) is 0 Å². The van der Waals surface area contributed by atoms with Crippen LogP contribution in [-0.2, 0) is 8.38 Å². The Hall–Kier alpha value is 3.35. The van der Waals surface area contributed by atoms with Crippen LogP contribution < -0.4 is 101 Å². The molecule has 0 amide bonds. The summed E-state index contributed by atoms with van der Waals surface area (Å²) in [7, 11) is -5.32. The Balaban J connectivity index is -0.0000000817. The molecule has 0 rings (SSSR count). The molecule has 0 aromatic heterocycles. The van der Waals surface area contributed by atoms with Crippen molar-refractivity contribution < 1.29 is 114 Å². The molecular formula is H2AsNa3O6S. The average Bonchev–Trinajstić information content (AvgIpc) is 1.25. The maximum Gasteiger partial charge on any atom is 1.00 e. The van der Waals surface area contributed by atoms with E-state index in [2.05, 4.69) is 0 Å². The van der Waals surface area contributed by atoms with Crippen molar-refractivity contribution in [2.24, 2.45) is 0 Å². The Morgan fingerprint density at radius 1 is 1.00 bits per heavy atom. The van der Waals surface area contributed by atoms with E-state index >= 15 is 0 Å². The predicted octanol–water partition coefficient (Wildman–Crippen LogP) is -13.9. The third-order valence-electron chi connectivity index (χ3n) is 0.316. The van der Waals surface area contributed by atoms with Gasteiger partial charge in [0.15, 0.2) is 0 Å². The van der Waals surface area contributed by atoms with Gasteiger partial charge < -0.3 is 0 Å². The van der Waals surface area contributed by atoms with E-state index in [1.54, 1.807) is 0 Å². The molecule has 0 atom stereocenters. The van der Waals surface area contributed by atoms with Gasteiger partial charge >= 0.3 is 136 Å². The van der Waals surface area contributed by atoms with Gasteiger partial charge in [-0.2, -0.15) is 0 Å². The van der Waals surface area contributed by atoms with Gasteiger partial charge in [0.05, 0.1) is 0 Å². The Kier molecular flexibility index (Phi) is 18.8. The molecule has 0 heterocycles. The number of hydrogen-bond donors (Lipinski definition) is 1. The summed E-state index contributed by atoms with van der Waals surface area (Å²) in [5.41, 5.74) is 0. The molecule has 6 nitrogen and oxygen atoms in total. The van der Waals surface area contributed by atoms with Crippen LogP contribution in [-0.4, -0.2) is 26.4 Å². The minimum atomic E-state index is -6.53. The maximum absolute atomic E-state index is 9.36. The van der Waals surface area contributed by atoms with Crippen molar-refractivity contribution in [2.75, 3.05) is 0 Å². The third kappa shape index (κ3) is 11.3. The molecule has 52 valence electrons. The van der Waals surface area contributed by atoms with Crippen LogP contribution in [0.15, 0.2) is 0 Å². The summed E-state index contributed by atoms with van der Waals surface area (Å²) < 4.78 is 54.3. The Morgan fingerprint density at radius 3 is 1.09 bits per heavy atom. The second-order valence-electron chi connectivity index (χ2n) is 0.975. The topological polar surface area (TPSA) is 124 Å². The van der Waals surface area contributed by atoms with E-state index < -0.39 is 21.8 Å². The SMILES string of the molecule is O=S(=O)(O)[AsH]([O-])([O-])[O-].[Na+].[Na+].[Na+]. The van der Waals surface area contributed by atoms with E-state index in [1.807, 2.05) is 0 Å². The fourth-order valence-corrected chi connectivity index (χ4v) is 0. The summed E-state index contributed by atoms with van der Waals surface area (Å²) in [6, 6.07) is 0. The van der Waals surface area contributed by atoms with Crippen molar-refractivity contribution in [2.45, 2.75) is 0 Å². The fraction of sp³-hybridized carbons (Fsp3) is 0. The van der Waals surface area contributed by atoms with Crippen molar-refractivity contribution >= 4 is 21.8 Å². The minimum absolute atomic E-state index is 0. The molecule has 0 aromatic rings. The number of rotatable bonds is 1. The molecule has 0 aliphatic carbocycles. The molecule has 0 saturated heterocycles. The van der Waals surface area contributed by atoms with E-state index in [0.29, 0.717) is 0 Å². The van der Waals surface area contributed by atoms with Crippen LogP contribution in [0.4, 0.5) is 0 Å². The van der Waals surface area contributed by atoms with Crippen LogP contribution in [0.3, 0.4) is 0 Å². The van der Waals surface area contributed by atoms with Gasteiger partial charge in [-0.3, -0.25) is 0 Å². The van der Waals surface area contributed by atoms with Gasteiger partial charge in [0.25, 0.3) is 0 Å². The van der Waals surface area contributed by atoms with Gasteiger partial charge in [0.1, 0.15) is 0 Å². The summed E-state index contributed by atoms with van der Waals surface area (Å²) in [6.45, 7) is 0. The largest absolute Gasteiger partial charge is 1.00 e. The zero-order valence-corrected chi connectivity index (χ0v) is 15.3. The predicted molar refractivity (Wildman–Crippen MR) is 18.7 cm³/mol. The quantitative estimate of drug-likeness (QED) is 0.374. The van der Waals surface area contributed by atoms with E-state index in [1.165, 1.54) is 0 Å². The van der Waals surface area contributed by atoms with Gasteiger partial charge in [-0.15, -0.1) is 0 Å². The van der Waals surface area contributed by atoms with Gasteiger partial charge in [-0.1, -0.05) is 0 Å². The van der Waals surface area contributed by atoms with Crippen molar-refractivity contribution in [1.29, 1.82) is 0 Å². The van der Waals surface area contributed by atoms with E-state index in [9.17, 15) is 20.7 Å². The molecule has 0 spiro atoms. The summed E-state index contributed by atoms with van der Waals surface area (Å²) >= 11 is -6.53. The van der Waals surface area contributed by atoms with Gasteiger partial charge in [0, 0.05) is 0 Å². The first-order valence-electron chi connectivity index (χ1n) is 1.33. The molecule has 0 aliphatic rings. The first kappa shape index (κ1) is 23.9. The molecule has 0 bridgehead atoms. The van der Waals surface area contributed by atoms with Gasteiger partial charge in [0.2, 0.25) is 0 Å². The first-order chi connectivity index (χ1) is 3.25. The Morgan fingerprint density at radius 2 is 1.09 bits per heavy atom. The molecule has 11 heavy (non-hydrogen) atoms. The maximum atomic E-state index is 9.36. The second-order valence-corrected chi connectivity index (χ2v) is 9.87. The minimum Gasteiger partial charge on any atom is 1.00 e. The van der Waals surface area contributed by atoms with Gasteiger partial charge in [-0.05, 0) is 0 Å². The molecule has 0 unspecified atom stereocenters. The van der Waals surface area contributed by atoms with Crippen LogP contribution in [0.25, 0.3) is 0 Å². The molecule has 11 heteroatoms. The van der Waals surface area contributed by atoms with Crippen molar-refractivity contribution in [3.8, 4) is 0 Å². The summed E-state index contributed by atoms with van der Waals surface area (Å²) in [4.78, 5) is 0. The van der Waals surface area contributed by atoms with Crippen LogP contribution in [0.1, 0.15) is 0 Å². The zero-order valence-electron chi connectivity index (χ0n) is 6.40. The van der Waals surface area contributed by atoms with Crippen LogP contribution in [0, 0.1) is 0 Å². The summed E-state index contributed by atoms with van der Waals surface area (Å²) in [5, 5.41) is 0. The average molecular weight is 274 g/mol. The molecule has 0 saturated carbocycles. The molecular weight excluding hydrogens is 272 g/mol. The van der Waals surface area contributed by atoms with Crippen molar-refractivity contribution in [1.82, 2.24) is 0 Å². The molecule has 0 aromatic carbocycles.